The molecule has 0 aliphatic carbocycles. The zero-order chi connectivity index (χ0) is 15.8. The summed E-state index contributed by atoms with van der Waals surface area (Å²) in [6.45, 7) is 0. The van der Waals surface area contributed by atoms with E-state index in [1.165, 1.54) is 11.3 Å². The number of carbonyl (C=O) groups is 1. The molecule has 0 bridgehead atoms. The Morgan fingerprint density at radius 3 is 2.91 bits per heavy atom. The van der Waals surface area contributed by atoms with Gasteiger partial charge in [-0.1, -0.05) is 35.6 Å². The zero-order valence-corrected chi connectivity index (χ0v) is 13.8. The van der Waals surface area contributed by atoms with Crippen molar-refractivity contribution in [3.05, 3.63) is 54.3 Å². The minimum Gasteiger partial charge on any atom is -0.451 e. The first-order valence-electron chi connectivity index (χ1n) is 6.98. The average molecular weight is 340 g/mol. The van der Waals surface area contributed by atoms with Gasteiger partial charge in [-0.2, -0.15) is 0 Å². The number of thiazole rings is 1. The highest BCUT2D eigenvalue weighted by molar-refractivity contribution is 7.98. The largest absolute Gasteiger partial charge is 0.451 e. The van der Waals surface area contributed by atoms with Crippen LogP contribution in [0.15, 0.2) is 57.8 Å². The van der Waals surface area contributed by atoms with Gasteiger partial charge in [-0.05, 0) is 30.5 Å². The van der Waals surface area contributed by atoms with Crippen molar-refractivity contribution in [1.82, 2.24) is 4.98 Å². The van der Waals surface area contributed by atoms with E-state index >= 15 is 0 Å². The maximum Gasteiger partial charge on any atom is 0.293 e. The summed E-state index contributed by atoms with van der Waals surface area (Å²) < 4.78 is 6.63. The maximum atomic E-state index is 12.4. The summed E-state index contributed by atoms with van der Waals surface area (Å²) in [5, 5.41) is 4.31. The standard InChI is InChI=1S/C17H12N2O2S2/c1-22-13-7-4-8-14-15(13)18-17(23-14)19-16(20)12-9-10-5-2-3-6-11(10)21-12/h2-9H,1H3,(H,18,19,20). The lowest BCUT2D eigenvalue weighted by Crippen LogP contribution is -2.10. The number of anilines is 1. The third-order valence-electron chi connectivity index (χ3n) is 3.47. The molecule has 1 N–H and O–H groups in total. The minimum atomic E-state index is -0.286. The Kier molecular flexibility index (Phi) is 3.55. The third-order valence-corrected chi connectivity index (χ3v) is 5.18. The molecule has 0 atom stereocenters. The second-order valence-corrected chi connectivity index (χ2v) is 6.81. The molecule has 23 heavy (non-hydrogen) atoms. The second kappa shape index (κ2) is 5.72. The fourth-order valence-electron chi connectivity index (χ4n) is 2.39. The van der Waals surface area contributed by atoms with E-state index in [2.05, 4.69) is 10.3 Å². The average Bonchev–Trinajstić information content (AvgIpc) is 3.17. The number of nitrogens with one attached hydrogen (secondary N) is 1. The van der Waals surface area contributed by atoms with E-state index in [-0.39, 0.29) is 11.7 Å². The van der Waals surface area contributed by atoms with Crippen LogP contribution in [0.3, 0.4) is 0 Å². The highest BCUT2D eigenvalue weighted by Crippen LogP contribution is 2.32. The van der Waals surface area contributed by atoms with Crippen LogP contribution in [-0.2, 0) is 0 Å². The van der Waals surface area contributed by atoms with Crippen LogP contribution in [0, 0.1) is 0 Å². The molecule has 114 valence electrons. The molecule has 0 radical (unpaired) electrons. The van der Waals surface area contributed by atoms with Gasteiger partial charge >= 0.3 is 0 Å². The monoisotopic (exact) mass is 340 g/mol. The van der Waals surface area contributed by atoms with Gasteiger partial charge in [0.1, 0.15) is 5.58 Å². The molecule has 2 aromatic heterocycles. The first-order chi connectivity index (χ1) is 11.2. The van der Waals surface area contributed by atoms with Crippen LogP contribution >= 0.6 is 23.1 Å². The summed E-state index contributed by atoms with van der Waals surface area (Å²) in [6, 6.07) is 15.3. The van der Waals surface area contributed by atoms with Gasteiger partial charge in [0, 0.05) is 10.3 Å². The Morgan fingerprint density at radius 2 is 2.09 bits per heavy atom. The van der Waals surface area contributed by atoms with E-state index in [4.69, 9.17) is 4.42 Å². The molecule has 4 nitrogen and oxygen atoms in total. The molecule has 1 amide bonds. The fourth-order valence-corrected chi connectivity index (χ4v) is 3.91. The Bertz CT molecular complexity index is 987. The molecule has 0 aliphatic rings. The van der Waals surface area contributed by atoms with E-state index in [1.807, 2.05) is 48.7 Å². The second-order valence-electron chi connectivity index (χ2n) is 4.93. The van der Waals surface area contributed by atoms with Crippen molar-refractivity contribution in [3.8, 4) is 0 Å². The van der Waals surface area contributed by atoms with Gasteiger partial charge in [-0.25, -0.2) is 4.98 Å². The van der Waals surface area contributed by atoms with Crippen LogP contribution in [0.2, 0.25) is 0 Å². The molecular weight excluding hydrogens is 328 g/mol. The Hall–Kier alpha value is -2.31. The lowest BCUT2D eigenvalue weighted by molar-refractivity contribution is 0.0998. The van der Waals surface area contributed by atoms with Crippen molar-refractivity contribution in [2.24, 2.45) is 0 Å². The first kappa shape index (κ1) is 14.3. The van der Waals surface area contributed by atoms with Crippen LogP contribution in [0.5, 0.6) is 0 Å². The fraction of sp³-hybridized carbons (Fsp3) is 0.0588. The first-order valence-corrected chi connectivity index (χ1v) is 9.02. The number of rotatable bonds is 3. The van der Waals surface area contributed by atoms with Gasteiger partial charge < -0.3 is 4.42 Å². The van der Waals surface area contributed by atoms with E-state index in [1.54, 1.807) is 17.8 Å². The summed E-state index contributed by atoms with van der Waals surface area (Å²) >= 11 is 3.10. The summed E-state index contributed by atoms with van der Waals surface area (Å²) in [5.74, 6) is 0.00139. The van der Waals surface area contributed by atoms with Gasteiger partial charge in [-0.3, -0.25) is 10.1 Å². The highest BCUT2D eigenvalue weighted by Gasteiger charge is 2.15. The molecule has 2 heterocycles. The van der Waals surface area contributed by atoms with Gasteiger partial charge in [0.2, 0.25) is 0 Å². The zero-order valence-electron chi connectivity index (χ0n) is 12.2. The Balaban J connectivity index is 1.65. The van der Waals surface area contributed by atoms with Crippen LogP contribution < -0.4 is 5.32 Å². The van der Waals surface area contributed by atoms with Crippen LogP contribution in [0.25, 0.3) is 21.2 Å². The normalized spacial score (nSPS) is 11.2. The molecule has 0 spiro atoms. The quantitative estimate of drug-likeness (QED) is 0.532. The minimum absolute atomic E-state index is 0.286. The number of amides is 1. The molecule has 0 saturated carbocycles. The number of furan rings is 1. The Labute approximate surface area is 140 Å². The van der Waals surface area contributed by atoms with Gasteiger partial charge in [0.05, 0.1) is 10.2 Å². The number of fused-ring (bicyclic) bond motifs is 2. The molecule has 0 unspecified atom stereocenters. The number of para-hydroxylation sites is 2. The summed E-state index contributed by atoms with van der Waals surface area (Å²) in [7, 11) is 0. The molecule has 6 heteroatoms. The predicted octanol–water partition coefficient (Wildman–Crippen LogP) is 5.02. The number of aromatic nitrogens is 1. The van der Waals surface area contributed by atoms with Gasteiger partial charge in [0.15, 0.2) is 10.9 Å². The van der Waals surface area contributed by atoms with Crippen molar-refractivity contribution in [1.29, 1.82) is 0 Å². The maximum absolute atomic E-state index is 12.4. The summed E-state index contributed by atoms with van der Waals surface area (Å²) in [5.41, 5.74) is 1.62. The summed E-state index contributed by atoms with van der Waals surface area (Å²) in [4.78, 5) is 18.0. The van der Waals surface area contributed by atoms with Crippen LogP contribution in [0.1, 0.15) is 10.6 Å². The van der Waals surface area contributed by atoms with Crippen molar-refractivity contribution in [2.75, 3.05) is 11.6 Å². The highest BCUT2D eigenvalue weighted by atomic mass is 32.2. The SMILES string of the molecule is CSc1cccc2sc(NC(=O)c3cc4ccccc4o3)nc12. The van der Waals surface area contributed by atoms with Crippen molar-refractivity contribution < 1.29 is 9.21 Å². The number of nitrogens with zero attached hydrogens (tertiary/aromatic N) is 1. The van der Waals surface area contributed by atoms with Crippen LogP contribution in [0.4, 0.5) is 5.13 Å². The number of thioether (sulfide) groups is 1. The van der Waals surface area contributed by atoms with E-state index in [0.29, 0.717) is 10.7 Å². The van der Waals surface area contributed by atoms with Gasteiger partial charge in [0.25, 0.3) is 5.91 Å². The van der Waals surface area contributed by atoms with Crippen LogP contribution in [-0.4, -0.2) is 17.1 Å². The van der Waals surface area contributed by atoms with E-state index in [0.717, 1.165) is 20.5 Å². The van der Waals surface area contributed by atoms with Gasteiger partial charge in [-0.15, -0.1) is 11.8 Å². The predicted molar refractivity (Wildman–Crippen MR) is 95.6 cm³/mol. The number of hydrogen-bond acceptors (Lipinski definition) is 5. The van der Waals surface area contributed by atoms with Crippen molar-refractivity contribution in [2.45, 2.75) is 4.90 Å². The van der Waals surface area contributed by atoms with E-state index in [9.17, 15) is 4.79 Å². The molecule has 0 saturated heterocycles. The Morgan fingerprint density at radius 1 is 1.22 bits per heavy atom. The number of benzene rings is 2. The number of hydrogen-bond donors (Lipinski definition) is 1. The van der Waals surface area contributed by atoms with Crippen molar-refractivity contribution in [3.63, 3.8) is 0 Å². The molecule has 2 aromatic carbocycles. The molecule has 4 aromatic rings. The van der Waals surface area contributed by atoms with E-state index < -0.39 is 0 Å². The summed E-state index contributed by atoms with van der Waals surface area (Å²) in [6.07, 6.45) is 2.01. The molecular formula is C17H12N2O2S2. The third kappa shape index (κ3) is 2.60. The number of carbonyl (C=O) groups excluding carboxylic acids is 1. The molecule has 0 aliphatic heterocycles. The molecule has 0 fully saturated rings. The topological polar surface area (TPSA) is 55.1 Å². The lowest BCUT2D eigenvalue weighted by atomic mass is 10.2. The smallest absolute Gasteiger partial charge is 0.293 e. The molecule has 4 rings (SSSR count). The van der Waals surface area contributed by atoms with Crippen molar-refractivity contribution >= 4 is 55.3 Å². The lowest BCUT2D eigenvalue weighted by Gasteiger charge is -1.97.